The van der Waals surface area contributed by atoms with E-state index in [1.807, 2.05) is 13.8 Å². The van der Waals surface area contributed by atoms with Crippen molar-refractivity contribution >= 4 is 21.4 Å². The molecule has 1 unspecified atom stereocenters. The van der Waals surface area contributed by atoms with Crippen LogP contribution in [0.3, 0.4) is 0 Å². The van der Waals surface area contributed by atoms with Gasteiger partial charge < -0.3 is 10.1 Å². The number of hydrogen-bond acceptors (Lipinski definition) is 6. The van der Waals surface area contributed by atoms with Crippen molar-refractivity contribution in [3.05, 3.63) is 28.3 Å². The van der Waals surface area contributed by atoms with Crippen LogP contribution in [0.2, 0.25) is 0 Å². The fraction of sp³-hybridized carbons (Fsp3) is 0.571. The van der Waals surface area contributed by atoms with Crippen LogP contribution >= 0.6 is 0 Å². The molecule has 9 heteroatoms. The summed E-state index contributed by atoms with van der Waals surface area (Å²) in [7, 11) is -3.75. The van der Waals surface area contributed by atoms with Crippen LogP contribution in [0.5, 0.6) is 0 Å². The molecular formula is C14H21N3O5S. The number of nitro groups is 1. The number of nitrogens with one attached hydrogen (secondary N) is 1. The van der Waals surface area contributed by atoms with Gasteiger partial charge in [-0.25, -0.2) is 8.42 Å². The van der Waals surface area contributed by atoms with Gasteiger partial charge in [-0.05, 0) is 25.5 Å². The van der Waals surface area contributed by atoms with E-state index in [1.165, 1.54) is 16.4 Å². The first-order chi connectivity index (χ1) is 10.9. The van der Waals surface area contributed by atoms with E-state index in [2.05, 4.69) is 5.32 Å². The quantitative estimate of drug-likeness (QED) is 0.624. The summed E-state index contributed by atoms with van der Waals surface area (Å²) in [4.78, 5) is 10.6. The van der Waals surface area contributed by atoms with Crippen molar-refractivity contribution in [2.75, 3.05) is 31.6 Å². The van der Waals surface area contributed by atoms with Crippen LogP contribution in [0.25, 0.3) is 0 Å². The Morgan fingerprint density at radius 2 is 2.04 bits per heavy atom. The molecule has 1 atom stereocenters. The Bertz CT molecular complexity index is 671. The van der Waals surface area contributed by atoms with E-state index < -0.39 is 14.9 Å². The second-order valence-electron chi connectivity index (χ2n) is 5.41. The summed E-state index contributed by atoms with van der Waals surface area (Å²) in [5.74, 6) is 0. The first-order valence-corrected chi connectivity index (χ1v) is 8.93. The molecule has 0 saturated carbocycles. The molecule has 1 heterocycles. The summed E-state index contributed by atoms with van der Waals surface area (Å²) in [5, 5.41) is 14.3. The number of ether oxygens (including phenoxy) is 1. The van der Waals surface area contributed by atoms with Crippen LogP contribution in [-0.2, 0) is 14.8 Å². The zero-order valence-corrected chi connectivity index (χ0v) is 14.0. The van der Waals surface area contributed by atoms with Crippen LogP contribution in [-0.4, -0.2) is 50.0 Å². The zero-order chi connectivity index (χ0) is 17.0. The number of morpholine rings is 1. The summed E-state index contributed by atoms with van der Waals surface area (Å²) in [5.41, 5.74) is 0.0879. The molecule has 1 fully saturated rings. The van der Waals surface area contributed by atoms with Crippen LogP contribution in [0.4, 0.5) is 11.4 Å². The second-order valence-corrected chi connectivity index (χ2v) is 7.34. The predicted octanol–water partition coefficient (Wildman–Crippen LogP) is 1.83. The van der Waals surface area contributed by atoms with Crippen LogP contribution in [0.15, 0.2) is 23.1 Å². The van der Waals surface area contributed by atoms with Crippen molar-refractivity contribution in [3.63, 3.8) is 0 Å². The zero-order valence-electron chi connectivity index (χ0n) is 13.2. The molecule has 0 bridgehead atoms. The molecule has 1 N–H and O–H groups in total. The summed E-state index contributed by atoms with van der Waals surface area (Å²) >= 11 is 0. The van der Waals surface area contributed by atoms with E-state index >= 15 is 0 Å². The van der Waals surface area contributed by atoms with Crippen molar-refractivity contribution in [1.82, 2.24) is 4.31 Å². The number of rotatable bonds is 6. The third-order valence-corrected chi connectivity index (χ3v) is 5.68. The molecular weight excluding hydrogens is 322 g/mol. The lowest BCUT2D eigenvalue weighted by Gasteiger charge is -2.26. The summed E-state index contributed by atoms with van der Waals surface area (Å²) in [6, 6.07) is 4.03. The highest BCUT2D eigenvalue weighted by Gasteiger charge is 2.29. The Balaban J connectivity index is 2.36. The molecule has 8 nitrogen and oxygen atoms in total. The molecule has 0 amide bonds. The van der Waals surface area contributed by atoms with Gasteiger partial charge in [0.15, 0.2) is 0 Å². The minimum Gasteiger partial charge on any atom is -0.379 e. The number of nitro benzene ring substituents is 1. The minimum atomic E-state index is -3.75. The largest absolute Gasteiger partial charge is 0.379 e. The van der Waals surface area contributed by atoms with E-state index in [-0.39, 0.29) is 29.7 Å². The van der Waals surface area contributed by atoms with Gasteiger partial charge in [0.2, 0.25) is 10.0 Å². The fourth-order valence-corrected chi connectivity index (χ4v) is 3.68. The number of nitrogens with zero attached hydrogens (tertiary/aromatic N) is 2. The van der Waals surface area contributed by atoms with Gasteiger partial charge >= 0.3 is 0 Å². The highest BCUT2D eigenvalue weighted by molar-refractivity contribution is 7.89. The van der Waals surface area contributed by atoms with E-state index in [9.17, 15) is 18.5 Å². The topological polar surface area (TPSA) is 102 Å². The summed E-state index contributed by atoms with van der Waals surface area (Å²) < 4.78 is 31.6. The van der Waals surface area contributed by atoms with E-state index in [4.69, 9.17) is 4.74 Å². The van der Waals surface area contributed by atoms with Crippen molar-refractivity contribution in [2.24, 2.45) is 0 Å². The van der Waals surface area contributed by atoms with E-state index in [0.717, 1.165) is 12.5 Å². The SMILES string of the molecule is CCC(C)Nc1ccc(S(=O)(=O)N2CCOCC2)cc1[N+](=O)[O-]. The number of hydrogen-bond donors (Lipinski definition) is 1. The van der Waals surface area contributed by atoms with Gasteiger partial charge in [-0.2, -0.15) is 4.31 Å². The predicted molar refractivity (Wildman–Crippen MR) is 86.0 cm³/mol. The lowest BCUT2D eigenvalue weighted by molar-refractivity contribution is -0.384. The Morgan fingerprint density at radius 3 is 2.61 bits per heavy atom. The van der Waals surface area contributed by atoms with Gasteiger partial charge in [0.25, 0.3) is 5.69 Å². The molecule has 0 radical (unpaired) electrons. The van der Waals surface area contributed by atoms with Crippen molar-refractivity contribution in [2.45, 2.75) is 31.2 Å². The molecule has 1 saturated heterocycles. The molecule has 23 heavy (non-hydrogen) atoms. The van der Waals surface area contributed by atoms with Gasteiger partial charge in [0, 0.05) is 25.2 Å². The molecule has 1 aliphatic rings. The van der Waals surface area contributed by atoms with Crippen LogP contribution in [0, 0.1) is 10.1 Å². The first kappa shape index (κ1) is 17.6. The minimum absolute atomic E-state index is 0.0513. The number of sulfonamides is 1. The number of anilines is 1. The Labute approximate surface area is 135 Å². The smallest absolute Gasteiger partial charge is 0.293 e. The van der Waals surface area contributed by atoms with E-state index in [1.54, 1.807) is 0 Å². The molecule has 0 aliphatic carbocycles. The maximum Gasteiger partial charge on any atom is 0.293 e. The fourth-order valence-electron chi connectivity index (χ4n) is 2.25. The van der Waals surface area contributed by atoms with Gasteiger partial charge in [-0.3, -0.25) is 10.1 Å². The second kappa shape index (κ2) is 7.24. The maximum absolute atomic E-state index is 12.6. The van der Waals surface area contributed by atoms with Crippen LogP contribution < -0.4 is 5.32 Å². The lowest BCUT2D eigenvalue weighted by Crippen LogP contribution is -2.40. The molecule has 1 aromatic rings. The van der Waals surface area contributed by atoms with Crippen molar-refractivity contribution in [1.29, 1.82) is 0 Å². The first-order valence-electron chi connectivity index (χ1n) is 7.49. The van der Waals surface area contributed by atoms with Gasteiger partial charge in [0.05, 0.1) is 23.0 Å². The maximum atomic E-state index is 12.6. The average molecular weight is 343 g/mol. The molecule has 1 aromatic carbocycles. The molecule has 0 spiro atoms. The highest BCUT2D eigenvalue weighted by atomic mass is 32.2. The van der Waals surface area contributed by atoms with Crippen LogP contribution in [0.1, 0.15) is 20.3 Å². The van der Waals surface area contributed by atoms with E-state index in [0.29, 0.717) is 18.9 Å². The average Bonchev–Trinajstić information content (AvgIpc) is 2.55. The Morgan fingerprint density at radius 1 is 1.39 bits per heavy atom. The number of benzene rings is 1. The Kier molecular flexibility index (Phi) is 5.55. The standard InChI is InChI=1S/C14H21N3O5S/c1-3-11(2)15-13-5-4-12(10-14(13)17(18)19)23(20,21)16-6-8-22-9-7-16/h4-5,10-11,15H,3,6-9H2,1-2H3. The Hall–Kier alpha value is -1.71. The van der Waals surface area contributed by atoms with Gasteiger partial charge in [-0.15, -0.1) is 0 Å². The van der Waals surface area contributed by atoms with Gasteiger partial charge in [-0.1, -0.05) is 6.92 Å². The monoisotopic (exact) mass is 343 g/mol. The lowest BCUT2D eigenvalue weighted by atomic mass is 10.2. The van der Waals surface area contributed by atoms with Crippen molar-refractivity contribution < 1.29 is 18.1 Å². The normalized spacial score (nSPS) is 17.7. The summed E-state index contributed by atoms with van der Waals surface area (Å²) in [6.45, 7) is 5.03. The summed E-state index contributed by atoms with van der Waals surface area (Å²) in [6.07, 6.45) is 0.797. The van der Waals surface area contributed by atoms with Crippen molar-refractivity contribution in [3.8, 4) is 0 Å². The highest BCUT2D eigenvalue weighted by Crippen LogP contribution is 2.30. The third-order valence-electron chi connectivity index (χ3n) is 3.79. The molecule has 0 aromatic heterocycles. The molecule has 128 valence electrons. The molecule has 2 rings (SSSR count). The molecule has 1 aliphatic heterocycles. The van der Waals surface area contributed by atoms with Gasteiger partial charge in [0.1, 0.15) is 5.69 Å². The third kappa shape index (κ3) is 3.98.